The SMILES string of the molecule is O=C(O)c1cnn2cc(C3CC3)cnc12. The smallest absolute Gasteiger partial charge is 0.341 e. The summed E-state index contributed by atoms with van der Waals surface area (Å²) in [5.41, 5.74) is 1.70. The molecule has 0 aromatic carbocycles. The van der Waals surface area contributed by atoms with Crippen LogP contribution in [0.3, 0.4) is 0 Å². The largest absolute Gasteiger partial charge is 0.477 e. The second kappa shape index (κ2) is 2.79. The molecule has 0 bridgehead atoms. The maximum Gasteiger partial charge on any atom is 0.341 e. The lowest BCUT2D eigenvalue weighted by molar-refractivity contribution is 0.0699. The van der Waals surface area contributed by atoms with E-state index in [4.69, 9.17) is 5.11 Å². The van der Waals surface area contributed by atoms with Crippen molar-refractivity contribution in [3.63, 3.8) is 0 Å². The lowest BCUT2D eigenvalue weighted by atomic mass is 10.2. The van der Waals surface area contributed by atoms with Gasteiger partial charge in [0.25, 0.3) is 0 Å². The predicted octanol–water partition coefficient (Wildman–Crippen LogP) is 1.30. The molecule has 2 heterocycles. The van der Waals surface area contributed by atoms with Gasteiger partial charge in [0.05, 0.1) is 6.20 Å². The van der Waals surface area contributed by atoms with Crippen LogP contribution in [0.1, 0.15) is 34.7 Å². The molecular formula is C10H9N3O2. The average molecular weight is 203 g/mol. The molecular weight excluding hydrogens is 194 g/mol. The Morgan fingerprint density at radius 2 is 2.27 bits per heavy atom. The van der Waals surface area contributed by atoms with Crippen LogP contribution in [-0.4, -0.2) is 25.7 Å². The monoisotopic (exact) mass is 203 g/mol. The predicted molar refractivity (Wildman–Crippen MR) is 51.9 cm³/mol. The van der Waals surface area contributed by atoms with Crippen LogP contribution in [0.15, 0.2) is 18.6 Å². The molecule has 0 saturated heterocycles. The first-order valence-corrected chi connectivity index (χ1v) is 4.82. The minimum atomic E-state index is -0.989. The van der Waals surface area contributed by atoms with Crippen LogP contribution in [0.25, 0.3) is 5.65 Å². The van der Waals surface area contributed by atoms with E-state index in [2.05, 4.69) is 10.1 Å². The van der Waals surface area contributed by atoms with Gasteiger partial charge in [0.15, 0.2) is 5.65 Å². The summed E-state index contributed by atoms with van der Waals surface area (Å²) in [5.74, 6) is -0.393. The van der Waals surface area contributed by atoms with E-state index in [-0.39, 0.29) is 5.56 Å². The number of aromatic carboxylic acids is 1. The molecule has 15 heavy (non-hydrogen) atoms. The standard InChI is InChI=1S/C10H9N3O2/c14-10(15)8-4-12-13-5-7(6-1-2-6)3-11-9(8)13/h3-6H,1-2H2,(H,14,15). The van der Waals surface area contributed by atoms with E-state index < -0.39 is 5.97 Å². The summed E-state index contributed by atoms with van der Waals surface area (Å²) in [6, 6.07) is 0. The number of carboxylic acids is 1. The topological polar surface area (TPSA) is 67.5 Å². The molecule has 1 saturated carbocycles. The maximum atomic E-state index is 10.8. The summed E-state index contributed by atoms with van der Waals surface area (Å²) in [4.78, 5) is 15.0. The molecule has 0 atom stereocenters. The third-order valence-corrected chi connectivity index (χ3v) is 2.66. The number of carboxylic acid groups (broad SMARTS) is 1. The van der Waals surface area contributed by atoms with E-state index in [1.807, 2.05) is 6.20 Å². The zero-order chi connectivity index (χ0) is 10.4. The highest BCUT2D eigenvalue weighted by molar-refractivity contribution is 5.93. The summed E-state index contributed by atoms with van der Waals surface area (Å²) in [6.45, 7) is 0. The molecule has 0 unspecified atom stereocenters. The highest BCUT2D eigenvalue weighted by atomic mass is 16.4. The summed E-state index contributed by atoms with van der Waals surface area (Å²) < 4.78 is 1.54. The summed E-state index contributed by atoms with van der Waals surface area (Å²) >= 11 is 0. The van der Waals surface area contributed by atoms with Crippen LogP contribution < -0.4 is 0 Å². The Morgan fingerprint density at radius 1 is 1.47 bits per heavy atom. The van der Waals surface area contributed by atoms with Crippen molar-refractivity contribution < 1.29 is 9.90 Å². The van der Waals surface area contributed by atoms with E-state index in [0.717, 1.165) is 5.56 Å². The molecule has 1 aliphatic carbocycles. The summed E-state index contributed by atoms with van der Waals surface area (Å²) in [7, 11) is 0. The molecule has 76 valence electrons. The lowest BCUT2D eigenvalue weighted by Gasteiger charge is -1.98. The molecule has 0 amide bonds. The van der Waals surface area contributed by atoms with Crippen molar-refractivity contribution in [2.45, 2.75) is 18.8 Å². The van der Waals surface area contributed by atoms with Gasteiger partial charge in [0.2, 0.25) is 0 Å². The van der Waals surface area contributed by atoms with Crippen molar-refractivity contribution in [1.29, 1.82) is 0 Å². The van der Waals surface area contributed by atoms with Crippen molar-refractivity contribution in [2.75, 3.05) is 0 Å². The summed E-state index contributed by atoms with van der Waals surface area (Å²) in [6.07, 6.45) is 7.34. The Morgan fingerprint density at radius 3 is 2.93 bits per heavy atom. The second-order valence-electron chi connectivity index (χ2n) is 3.79. The fraction of sp³-hybridized carbons (Fsp3) is 0.300. The van der Waals surface area contributed by atoms with Gasteiger partial charge in [-0.15, -0.1) is 0 Å². The molecule has 3 rings (SSSR count). The van der Waals surface area contributed by atoms with Crippen molar-refractivity contribution in [2.24, 2.45) is 0 Å². The molecule has 1 fully saturated rings. The Balaban J connectivity index is 2.17. The van der Waals surface area contributed by atoms with E-state index >= 15 is 0 Å². The third-order valence-electron chi connectivity index (χ3n) is 2.66. The number of fused-ring (bicyclic) bond motifs is 1. The maximum absolute atomic E-state index is 10.8. The fourth-order valence-corrected chi connectivity index (χ4v) is 1.67. The number of carbonyl (C=O) groups is 1. The van der Waals surface area contributed by atoms with Crippen molar-refractivity contribution >= 4 is 11.6 Å². The Bertz CT molecular complexity index is 543. The first kappa shape index (κ1) is 8.40. The van der Waals surface area contributed by atoms with Crippen LogP contribution in [0.4, 0.5) is 0 Å². The average Bonchev–Trinajstić information content (AvgIpc) is 2.97. The number of hydrogen-bond acceptors (Lipinski definition) is 3. The molecule has 5 heteroatoms. The lowest BCUT2D eigenvalue weighted by Crippen LogP contribution is -1.98. The van der Waals surface area contributed by atoms with E-state index in [1.165, 1.54) is 23.6 Å². The fourth-order valence-electron chi connectivity index (χ4n) is 1.67. The van der Waals surface area contributed by atoms with Crippen molar-refractivity contribution in [3.05, 3.63) is 29.7 Å². The Kier molecular flexibility index (Phi) is 1.56. The van der Waals surface area contributed by atoms with Crippen LogP contribution in [0.2, 0.25) is 0 Å². The normalized spacial score (nSPS) is 15.7. The molecule has 1 aliphatic rings. The van der Waals surface area contributed by atoms with E-state index in [1.54, 1.807) is 6.20 Å². The van der Waals surface area contributed by atoms with Gasteiger partial charge in [-0.25, -0.2) is 14.3 Å². The molecule has 0 radical (unpaired) electrons. The van der Waals surface area contributed by atoms with Crippen molar-refractivity contribution in [3.8, 4) is 0 Å². The van der Waals surface area contributed by atoms with Gasteiger partial charge in [-0.2, -0.15) is 5.10 Å². The number of hydrogen-bond donors (Lipinski definition) is 1. The first-order valence-electron chi connectivity index (χ1n) is 4.82. The second-order valence-corrected chi connectivity index (χ2v) is 3.79. The minimum absolute atomic E-state index is 0.150. The van der Waals surface area contributed by atoms with Crippen LogP contribution in [0, 0.1) is 0 Å². The summed E-state index contributed by atoms with van der Waals surface area (Å²) in [5, 5.41) is 12.9. The highest BCUT2D eigenvalue weighted by Crippen LogP contribution is 2.39. The van der Waals surface area contributed by atoms with Gasteiger partial charge >= 0.3 is 5.97 Å². The molecule has 0 spiro atoms. The Hall–Kier alpha value is -1.91. The van der Waals surface area contributed by atoms with Gasteiger partial charge in [-0.05, 0) is 24.3 Å². The van der Waals surface area contributed by atoms with Crippen LogP contribution in [-0.2, 0) is 0 Å². The zero-order valence-corrected chi connectivity index (χ0v) is 7.92. The minimum Gasteiger partial charge on any atom is -0.477 e. The quantitative estimate of drug-likeness (QED) is 0.798. The zero-order valence-electron chi connectivity index (χ0n) is 7.92. The third kappa shape index (κ3) is 1.27. The van der Waals surface area contributed by atoms with Gasteiger partial charge in [0.1, 0.15) is 5.56 Å². The van der Waals surface area contributed by atoms with Gasteiger partial charge < -0.3 is 5.11 Å². The first-order chi connectivity index (χ1) is 7.25. The highest BCUT2D eigenvalue weighted by Gasteiger charge is 2.24. The van der Waals surface area contributed by atoms with E-state index in [9.17, 15) is 4.79 Å². The number of aromatic nitrogens is 3. The van der Waals surface area contributed by atoms with Crippen molar-refractivity contribution in [1.82, 2.24) is 14.6 Å². The van der Waals surface area contributed by atoms with Gasteiger partial charge in [0, 0.05) is 12.4 Å². The molecule has 5 nitrogen and oxygen atoms in total. The molecule has 2 aromatic heterocycles. The molecule has 0 aliphatic heterocycles. The number of nitrogens with zero attached hydrogens (tertiary/aromatic N) is 3. The Labute approximate surface area is 85.4 Å². The molecule has 1 N–H and O–H groups in total. The van der Waals surface area contributed by atoms with E-state index in [0.29, 0.717) is 11.6 Å². The van der Waals surface area contributed by atoms with Crippen LogP contribution in [0.5, 0.6) is 0 Å². The van der Waals surface area contributed by atoms with Gasteiger partial charge in [-0.1, -0.05) is 0 Å². The molecule has 2 aromatic rings. The van der Waals surface area contributed by atoms with Crippen LogP contribution >= 0.6 is 0 Å². The van der Waals surface area contributed by atoms with Gasteiger partial charge in [-0.3, -0.25) is 0 Å². The number of rotatable bonds is 2.